The molecule has 1 rings (SSSR count). The maximum absolute atomic E-state index is 13.6. The van der Waals surface area contributed by atoms with Gasteiger partial charge in [-0.05, 0) is 26.3 Å². The summed E-state index contributed by atoms with van der Waals surface area (Å²) in [5.41, 5.74) is -0.205. The van der Waals surface area contributed by atoms with E-state index >= 15 is 0 Å². The molecule has 7 nitrogen and oxygen atoms in total. The number of hydrogen-bond donors (Lipinski definition) is 2. The molecule has 130 valence electrons. The number of halogens is 2. The standard InChI is InChI=1S/C13H19F2N3O4S/c1-12(2,3)22-11(19)17-8-13(14,15)7-16-5-9-4-10(18(20)21)23-6-9/h4,6,16H,5,7-8H2,1-3H3,(H,17,19). The Morgan fingerprint density at radius 3 is 2.57 bits per heavy atom. The monoisotopic (exact) mass is 351 g/mol. The van der Waals surface area contributed by atoms with Crippen molar-refractivity contribution in [3.63, 3.8) is 0 Å². The van der Waals surface area contributed by atoms with Gasteiger partial charge >= 0.3 is 11.1 Å². The molecule has 0 unspecified atom stereocenters. The van der Waals surface area contributed by atoms with Crippen molar-refractivity contribution in [3.05, 3.63) is 27.1 Å². The van der Waals surface area contributed by atoms with Gasteiger partial charge in [0.15, 0.2) is 0 Å². The number of thiophene rings is 1. The summed E-state index contributed by atoms with van der Waals surface area (Å²) in [6.07, 6.45) is -0.911. The van der Waals surface area contributed by atoms with Crippen LogP contribution in [0.4, 0.5) is 18.6 Å². The van der Waals surface area contributed by atoms with E-state index in [0.29, 0.717) is 5.56 Å². The van der Waals surface area contributed by atoms with Crippen LogP contribution < -0.4 is 10.6 Å². The van der Waals surface area contributed by atoms with Crippen molar-refractivity contribution in [2.75, 3.05) is 13.1 Å². The predicted octanol–water partition coefficient (Wildman–Crippen LogP) is 2.91. The first kappa shape index (κ1) is 19.2. The van der Waals surface area contributed by atoms with Crippen molar-refractivity contribution in [3.8, 4) is 0 Å². The molecule has 10 heteroatoms. The third-order valence-corrected chi connectivity index (χ3v) is 3.35. The van der Waals surface area contributed by atoms with Gasteiger partial charge < -0.3 is 15.4 Å². The van der Waals surface area contributed by atoms with Crippen LogP contribution in [-0.2, 0) is 11.3 Å². The first-order valence-corrected chi connectivity index (χ1v) is 7.64. The molecule has 0 atom stereocenters. The summed E-state index contributed by atoms with van der Waals surface area (Å²) in [6.45, 7) is 3.43. The van der Waals surface area contributed by atoms with Gasteiger partial charge in [0, 0.05) is 18.0 Å². The smallest absolute Gasteiger partial charge is 0.407 e. The molecule has 0 fully saturated rings. The van der Waals surface area contributed by atoms with Crippen LogP contribution in [0.1, 0.15) is 26.3 Å². The average Bonchev–Trinajstić information content (AvgIpc) is 2.83. The SMILES string of the molecule is CC(C)(C)OC(=O)NCC(F)(F)CNCc1csc([N+](=O)[O-])c1. The molecule has 1 heterocycles. The van der Waals surface area contributed by atoms with E-state index in [0.717, 1.165) is 11.3 Å². The number of hydrogen-bond acceptors (Lipinski definition) is 6. The van der Waals surface area contributed by atoms with Gasteiger partial charge in [-0.3, -0.25) is 10.1 Å². The quantitative estimate of drug-likeness (QED) is 0.582. The fourth-order valence-electron chi connectivity index (χ4n) is 1.52. The molecule has 0 saturated heterocycles. The van der Waals surface area contributed by atoms with Crippen LogP contribution in [0.3, 0.4) is 0 Å². The summed E-state index contributed by atoms with van der Waals surface area (Å²) >= 11 is 0.935. The molecule has 0 aliphatic rings. The Bertz CT molecular complexity index is 558. The van der Waals surface area contributed by atoms with Gasteiger partial charge in [0.05, 0.1) is 18.0 Å². The van der Waals surface area contributed by atoms with Crippen molar-refractivity contribution >= 4 is 22.4 Å². The van der Waals surface area contributed by atoms with Gasteiger partial charge in [-0.2, -0.15) is 0 Å². The summed E-state index contributed by atoms with van der Waals surface area (Å²) in [7, 11) is 0. The minimum absolute atomic E-state index is 0.0415. The van der Waals surface area contributed by atoms with Crippen molar-refractivity contribution in [2.45, 2.75) is 38.8 Å². The second kappa shape index (κ2) is 7.64. The summed E-state index contributed by atoms with van der Waals surface area (Å²) in [6, 6.07) is 1.33. The molecular weight excluding hydrogens is 332 g/mol. The molecule has 1 amide bonds. The van der Waals surface area contributed by atoms with Crippen molar-refractivity contribution < 1.29 is 23.2 Å². The number of nitrogens with zero attached hydrogens (tertiary/aromatic N) is 1. The molecule has 0 aliphatic carbocycles. The van der Waals surface area contributed by atoms with Crippen LogP contribution in [0, 0.1) is 10.1 Å². The Kier molecular flexibility index (Phi) is 6.39. The Balaban J connectivity index is 2.34. The first-order chi connectivity index (χ1) is 10.5. The molecule has 0 bridgehead atoms. The Morgan fingerprint density at radius 2 is 2.04 bits per heavy atom. The third-order valence-electron chi connectivity index (χ3n) is 2.42. The van der Waals surface area contributed by atoms with Gasteiger partial charge in [-0.25, -0.2) is 13.6 Å². The van der Waals surface area contributed by atoms with Crippen LogP contribution >= 0.6 is 11.3 Å². The number of nitrogens with one attached hydrogen (secondary N) is 2. The molecule has 0 aromatic carbocycles. The number of ether oxygens (including phenoxy) is 1. The second-order valence-electron chi connectivity index (χ2n) is 5.87. The van der Waals surface area contributed by atoms with Gasteiger partial charge in [-0.15, -0.1) is 0 Å². The number of alkyl halides is 2. The highest BCUT2D eigenvalue weighted by Crippen LogP contribution is 2.22. The number of carbonyl (C=O) groups is 1. The highest BCUT2D eigenvalue weighted by Gasteiger charge is 2.30. The van der Waals surface area contributed by atoms with E-state index < -0.39 is 35.6 Å². The Morgan fingerprint density at radius 1 is 1.39 bits per heavy atom. The average molecular weight is 351 g/mol. The first-order valence-electron chi connectivity index (χ1n) is 6.76. The van der Waals surface area contributed by atoms with Crippen LogP contribution in [0.2, 0.25) is 0 Å². The summed E-state index contributed by atoms with van der Waals surface area (Å²) < 4.78 is 32.1. The summed E-state index contributed by atoms with van der Waals surface area (Å²) in [5, 5.41) is 16.5. The maximum atomic E-state index is 13.6. The highest BCUT2D eigenvalue weighted by atomic mass is 32.1. The number of carbonyl (C=O) groups excluding carboxylic acids is 1. The van der Waals surface area contributed by atoms with E-state index in [-0.39, 0.29) is 11.5 Å². The molecule has 1 aromatic heterocycles. The molecular formula is C13H19F2N3O4S. The normalized spacial score (nSPS) is 12.0. The van der Waals surface area contributed by atoms with Gasteiger partial charge in [0.1, 0.15) is 5.60 Å². The van der Waals surface area contributed by atoms with E-state index in [4.69, 9.17) is 4.74 Å². The van der Waals surface area contributed by atoms with Crippen molar-refractivity contribution in [2.24, 2.45) is 0 Å². The number of rotatable bonds is 7. The maximum Gasteiger partial charge on any atom is 0.407 e. The Hall–Kier alpha value is -1.81. The zero-order chi connectivity index (χ0) is 17.7. The van der Waals surface area contributed by atoms with Crippen LogP contribution in [-0.4, -0.2) is 35.6 Å². The van der Waals surface area contributed by atoms with Gasteiger partial charge in [0.2, 0.25) is 0 Å². The predicted molar refractivity (Wildman–Crippen MR) is 81.9 cm³/mol. The molecule has 0 saturated carbocycles. The van der Waals surface area contributed by atoms with E-state index in [1.54, 1.807) is 20.8 Å². The minimum atomic E-state index is -3.17. The zero-order valence-corrected chi connectivity index (χ0v) is 13.8. The van der Waals surface area contributed by atoms with Crippen LogP contribution in [0.15, 0.2) is 11.4 Å². The van der Waals surface area contributed by atoms with Crippen LogP contribution in [0.25, 0.3) is 0 Å². The lowest BCUT2D eigenvalue weighted by atomic mass is 10.2. The van der Waals surface area contributed by atoms with Crippen LogP contribution in [0.5, 0.6) is 0 Å². The number of nitro groups is 1. The zero-order valence-electron chi connectivity index (χ0n) is 13.0. The van der Waals surface area contributed by atoms with E-state index in [1.807, 2.05) is 5.32 Å². The molecule has 23 heavy (non-hydrogen) atoms. The summed E-state index contributed by atoms with van der Waals surface area (Å²) in [4.78, 5) is 21.3. The number of alkyl carbamates (subject to hydrolysis) is 1. The number of amides is 1. The highest BCUT2D eigenvalue weighted by molar-refractivity contribution is 7.13. The third kappa shape index (κ3) is 7.84. The molecule has 2 N–H and O–H groups in total. The molecule has 0 radical (unpaired) electrons. The van der Waals surface area contributed by atoms with Crippen molar-refractivity contribution in [1.82, 2.24) is 10.6 Å². The van der Waals surface area contributed by atoms with E-state index in [1.165, 1.54) is 11.4 Å². The van der Waals surface area contributed by atoms with E-state index in [2.05, 4.69) is 5.32 Å². The van der Waals surface area contributed by atoms with Gasteiger partial charge in [-0.1, -0.05) is 11.3 Å². The molecule has 1 aromatic rings. The largest absolute Gasteiger partial charge is 0.444 e. The molecule has 0 aliphatic heterocycles. The van der Waals surface area contributed by atoms with Crippen molar-refractivity contribution in [1.29, 1.82) is 0 Å². The molecule has 0 spiro atoms. The van der Waals surface area contributed by atoms with Gasteiger partial charge in [0.25, 0.3) is 5.92 Å². The Labute approximate surface area is 136 Å². The lowest BCUT2D eigenvalue weighted by Crippen LogP contribution is -2.44. The lowest BCUT2D eigenvalue weighted by Gasteiger charge is -2.22. The fourth-order valence-corrected chi connectivity index (χ4v) is 2.25. The fraction of sp³-hybridized carbons (Fsp3) is 0.615. The lowest BCUT2D eigenvalue weighted by molar-refractivity contribution is -0.380. The van der Waals surface area contributed by atoms with E-state index in [9.17, 15) is 23.7 Å². The minimum Gasteiger partial charge on any atom is -0.444 e. The topological polar surface area (TPSA) is 93.5 Å². The summed E-state index contributed by atoms with van der Waals surface area (Å²) in [5.74, 6) is -3.17. The second-order valence-corrected chi connectivity index (χ2v) is 6.75.